The number of rotatable bonds is 3. The molecule has 0 aliphatic heterocycles. The van der Waals surface area contributed by atoms with Gasteiger partial charge < -0.3 is 0 Å². The van der Waals surface area contributed by atoms with Crippen LogP contribution < -0.4 is 0 Å². The molecule has 1 nitrogen and oxygen atoms in total. The van der Waals surface area contributed by atoms with Gasteiger partial charge in [-0.05, 0) is 0 Å². The molecule has 0 aliphatic carbocycles. The SMILES string of the molecule is C=CCO[C](=[Cr])C#Cc1ccc(C)cc1. The molecule has 2 heteroatoms. The molecule has 0 heterocycles. The van der Waals surface area contributed by atoms with Crippen molar-refractivity contribution in [2.45, 2.75) is 6.92 Å². The van der Waals surface area contributed by atoms with Crippen LogP contribution in [0.1, 0.15) is 11.1 Å². The molecule has 0 atom stereocenters. The molecule has 0 N–H and O–H groups in total. The summed E-state index contributed by atoms with van der Waals surface area (Å²) in [7, 11) is 0. The van der Waals surface area contributed by atoms with E-state index in [9.17, 15) is 0 Å². The second-order valence-corrected chi connectivity index (χ2v) is 3.58. The summed E-state index contributed by atoms with van der Waals surface area (Å²) in [6.45, 7) is 6.09. The second kappa shape index (κ2) is 6.38. The molecule has 1 aromatic carbocycles. The van der Waals surface area contributed by atoms with Crippen LogP contribution in [0.5, 0.6) is 0 Å². The maximum atomic E-state index is 5.21. The summed E-state index contributed by atoms with van der Waals surface area (Å²) in [5.74, 6) is 5.90. The molecular formula is C13H12CrO. The van der Waals surface area contributed by atoms with Gasteiger partial charge in [0.2, 0.25) is 0 Å². The quantitative estimate of drug-likeness (QED) is 0.577. The molecular weight excluding hydrogens is 224 g/mol. The predicted molar refractivity (Wildman–Crippen MR) is 59.2 cm³/mol. The Labute approximate surface area is 98.7 Å². The predicted octanol–water partition coefficient (Wildman–Crippen LogP) is 2.23. The molecule has 1 rings (SSSR count). The Bertz CT molecular complexity index is 406. The summed E-state index contributed by atoms with van der Waals surface area (Å²) in [6, 6.07) is 8.05. The molecule has 76 valence electrons. The van der Waals surface area contributed by atoms with E-state index in [2.05, 4.69) is 41.2 Å². The van der Waals surface area contributed by atoms with E-state index in [0.29, 0.717) is 11.2 Å². The first kappa shape index (κ1) is 12.0. The number of hydrogen-bond acceptors (Lipinski definition) is 1. The monoisotopic (exact) mass is 236 g/mol. The van der Waals surface area contributed by atoms with E-state index in [1.165, 1.54) is 5.56 Å². The first-order chi connectivity index (χ1) is 7.22. The molecule has 0 saturated heterocycles. The van der Waals surface area contributed by atoms with Gasteiger partial charge in [-0.3, -0.25) is 0 Å². The average Bonchev–Trinajstić information content (AvgIpc) is 2.25. The molecule has 0 spiro atoms. The van der Waals surface area contributed by atoms with Crippen molar-refractivity contribution in [3.8, 4) is 11.8 Å². The zero-order valence-electron chi connectivity index (χ0n) is 8.62. The fraction of sp³-hybridized carbons (Fsp3) is 0.154. The number of aryl methyl sites for hydroxylation is 1. The van der Waals surface area contributed by atoms with E-state index in [4.69, 9.17) is 4.74 Å². The van der Waals surface area contributed by atoms with Gasteiger partial charge in [0.1, 0.15) is 0 Å². The van der Waals surface area contributed by atoms with Crippen molar-refractivity contribution in [3.63, 3.8) is 0 Å². The van der Waals surface area contributed by atoms with Crippen LogP contribution in [0, 0.1) is 18.8 Å². The first-order valence-corrected chi connectivity index (χ1v) is 5.22. The fourth-order valence-electron chi connectivity index (χ4n) is 0.931. The van der Waals surface area contributed by atoms with Gasteiger partial charge in [-0.25, -0.2) is 0 Å². The Morgan fingerprint density at radius 1 is 1.47 bits per heavy atom. The third-order valence-electron chi connectivity index (χ3n) is 1.69. The van der Waals surface area contributed by atoms with Gasteiger partial charge in [-0.15, -0.1) is 0 Å². The van der Waals surface area contributed by atoms with E-state index in [1.807, 2.05) is 24.3 Å². The molecule has 15 heavy (non-hydrogen) atoms. The summed E-state index contributed by atoms with van der Waals surface area (Å²) in [4.78, 5) is 0. The molecule has 0 aliphatic rings. The van der Waals surface area contributed by atoms with Crippen molar-refractivity contribution in [1.29, 1.82) is 0 Å². The Morgan fingerprint density at radius 3 is 2.73 bits per heavy atom. The third kappa shape index (κ3) is 4.77. The van der Waals surface area contributed by atoms with Gasteiger partial charge in [0.25, 0.3) is 0 Å². The molecule has 0 radical (unpaired) electrons. The third-order valence-corrected chi connectivity index (χ3v) is 2.04. The van der Waals surface area contributed by atoms with Gasteiger partial charge in [-0.2, -0.15) is 0 Å². The summed E-state index contributed by atoms with van der Waals surface area (Å²) < 4.78 is 5.80. The Morgan fingerprint density at radius 2 is 2.13 bits per heavy atom. The van der Waals surface area contributed by atoms with Crippen LogP contribution in [0.2, 0.25) is 0 Å². The van der Waals surface area contributed by atoms with Gasteiger partial charge in [0.15, 0.2) is 0 Å². The van der Waals surface area contributed by atoms with Crippen molar-refractivity contribution in [2.24, 2.45) is 0 Å². The Kier molecular flexibility index (Phi) is 5.09. The Hall–Kier alpha value is -1.12. The minimum atomic E-state index is 0.477. The van der Waals surface area contributed by atoms with Crippen molar-refractivity contribution in [1.82, 2.24) is 0 Å². The van der Waals surface area contributed by atoms with E-state index in [-0.39, 0.29) is 0 Å². The van der Waals surface area contributed by atoms with E-state index in [0.717, 1.165) is 5.56 Å². The first-order valence-electron chi connectivity index (χ1n) is 4.58. The van der Waals surface area contributed by atoms with Crippen LogP contribution in [0.25, 0.3) is 0 Å². The van der Waals surface area contributed by atoms with Crippen molar-refractivity contribution in [2.75, 3.05) is 6.61 Å². The van der Waals surface area contributed by atoms with Crippen molar-refractivity contribution < 1.29 is 20.6 Å². The fourth-order valence-corrected chi connectivity index (χ4v) is 1.12. The summed E-state index contributed by atoms with van der Waals surface area (Å²) in [5.41, 5.74) is 2.21. The van der Waals surface area contributed by atoms with Crippen LogP contribution in [0.4, 0.5) is 0 Å². The maximum absolute atomic E-state index is 5.21. The van der Waals surface area contributed by atoms with E-state index >= 15 is 0 Å². The average molecular weight is 236 g/mol. The summed E-state index contributed by atoms with van der Waals surface area (Å²) in [5, 5.41) is 0. The van der Waals surface area contributed by atoms with Crippen LogP contribution in [-0.2, 0) is 20.6 Å². The van der Waals surface area contributed by atoms with Gasteiger partial charge in [0.05, 0.1) is 0 Å². The van der Waals surface area contributed by atoms with E-state index in [1.54, 1.807) is 6.08 Å². The van der Waals surface area contributed by atoms with Gasteiger partial charge in [-0.1, -0.05) is 0 Å². The van der Waals surface area contributed by atoms with Crippen LogP contribution in [0.15, 0.2) is 36.9 Å². The second-order valence-electron chi connectivity index (χ2n) is 3.00. The Balaban J connectivity index is 2.61. The summed E-state index contributed by atoms with van der Waals surface area (Å²) in [6.07, 6.45) is 1.69. The van der Waals surface area contributed by atoms with Gasteiger partial charge >= 0.3 is 98.6 Å². The van der Waals surface area contributed by atoms with Crippen LogP contribution in [0.3, 0.4) is 0 Å². The zero-order chi connectivity index (χ0) is 11.1. The number of benzene rings is 1. The molecule has 0 bridgehead atoms. The zero-order valence-corrected chi connectivity index (χ0v) is 9.89. The van der Waals surface area contributed by atoms with Crippen molar-refractivity contribution >= 4 is 4.57 Å². The van der Waals surface area contributed by atoms with Crippen LogP contribution in [-0.4, -0.2) is 11.2 Å². The van der Waals surface area contributed by atoms with Crippen molar-refractivity contribution in [3.05, 3.63) is 48.0 Å². The molecule has 0 unspecified atom stereocenters. The van der Waals surface area contributed by atoms with Gasteiger partial charge in [0, 0.05) is 0 Å². The molecule has 0 fully saturated rings. The van der Waals surface area contributed by atoms with E-state index < -0.39 is 0 Å². The molecule has 1 aromatic rings. The minimum absolute atomic E-state index is 0.477. The summed E-state index contributed by atoms with van der Waals surface area (Å²) >= 11 is 2.77. The molecule has 0 saturated carbocycles. The number of ether oxygens (including phenoxy) is 1. The molecule has 0 amide bonds. The topological polar surface area (TPSA) is 9.23 Å². The number of hydrogen-bond donors (Lipinski definition) is 0. The molecule has 0 aromatic heterocycles. The normalized spacial score (nSPS) is 8.87. The van der Waals surface area contributed by atoms with Crippen LogP contribution >= 0.6 is 0 Å². The standard InChI is InChI=1S/C13H12O.Cr/c1-3-10-14-11-4-5-13-8-6-12(2)7-9-13;/h3,6-9H,1,10H2,2H3;.